The molecule has 2 rings (SSSR count). The molecule has 0 saturated heterocycles. The van der Waals surface area contributed by atoms with Gasteiger partial charge in [0.05, 0.1) is 7.11 Å². The molecular weight excluding hydrogens is 248 g/mol. The maximum atomic E-state index is 5.10. The lowest BCUT2D eigenvalue weighted by Crippen LogP contribution is -1.86. The highest BCUT2D eigenvalue weighted by Crippen LogP contribution is 2.29. The first-order valence-corrected chi connectivity index (χ1v) is 4.71. The number of halogens is 1. The molecule has 5 heteroatoms. The molecule has 0 aliphatic carbocycles. The molecule has 0 bridgehead atoms. The van der Waals surface area contributed by atoms with E-state index in [1.807, 2.05) is 18.2 Å². The van der Waals surface area contributed by atoms with Crippen LogP contribution in [0.25, 0.3) is 11.4 Å². The van der Waals surface area contributed by atoms with E-state index in [4.69, 9.17) is 4.74 Å². The number of ether oxygens (including phenoxy) is 1. The second kappa shape index (κ2) is 3.79. The predicted octanol–water partition coefficient (Wildman–Crippen LogP) is 2.51. The Kier molecular flexibility index (Phi) is 2.49. The van der Waals surface area contributed by atoms with Gasteiger partial charge in [0.2, 0.25) is 12.2 Å². The van der Waals surface area contributed by atoms with Crippen LogP contribution in [0.1, 0.15) is 0 Å². The number of aromatic nitrogens is 2. The van der Waals surface area contributed by atoms with Crippen LogP contribution in [0.4, 0.5) is 0 Å². The second-order valence-electron chi connectivity index (χ2n) is 2.60. The van der Waals surface area contributed by atoms with Gasteiger partial charge in [0.25, 0.3) is 0 Å². The molecule has 0 fully saturated rings. The first kappa shape index (κ1) is 9.21. The van der Waals surface area contributed by atoms with E-state index < -0.39 is 0 Å². The van der Waals surface area contributed by atoms with E-state index >= 15 is 0 Å². The second-order valence-corrected chi connectivity index (χ2v) is 3.45. The molecule has 14 heavy (non-hydrogen) atoms. The first-order valence-electron chi connectivity index (χ1n) is 3.91. The van der Waals surface area contributed by atoms with Crippen LogP contribution >= 0.6 is 15.9 Å². The molecule has 72 valence electrons. The molecule has 0 saturated carbocycles. The summed E-state index contributed by atoms with van der Waals surface area (Å²) in [5, 5.41) is 3.75. The minimum atomic E-state index is 0.538. The molecule has 0 unspecified atom stereocenters. The number of benzene rings is 1. The van der Waals surface area contributed by atoms with Crippen molar-refractivity contribution >= 4 is 15.9 Å². The largest absolute Gasteiger partial charge is 0.497 e. The van der Waals surface area contributed by atoms with Gasteiger partial charge in [-0.05, 0) is 18.2 Å². The third-order valence-corrected chi connectivity index (χ3v) is 2.47. The maximum absolute atomic E-state index is 5.10. The summed E-state index contributed by atoms with van der Waals surface area (Å²) in [7, 11) is 1.61. The Morgan fingerprint density at radius 1 is 1.43 bits per heavy atom. The summed E-state index contributed by atoms with van der Waals surface area (Å²) in [6, 6.07) is 5.58. The van der Waals surface area contributed by atoms with E-state index in [0.29, 0.717) is 5.82 Å². The van der Waals surface area contributed by atoms with Gasteiger partial charge in [-0.2, -0.15) is 4.98 Å². The Hall–Kier alpha value is -1.36. The van der Waals surface area contributed by atoms with Gasteiger partial charge >= 0.3 is 0 Å². The Balaban J connectivity index is 2.51. The van der Waals surface area contributed by atoms with Crippen molar-refractivity contribution in [2.24, 2.45) is 0 Å². The fraction of sp³-hybridized carbons (Fsp3) is 0.111. The maximum Gasteiger partial charge on any atom is 0.214 e. The minimum Gasteiger partial charge on any atom is -0.497 e. The summed E-state index contributed by atoms with van der Waals surface area (Å²) in [6.07, 6.45) is 1.29. The third kappa shape index (κ3) is 1.63. The lowest BCUT2D eigenvalue weighted by atomic mass is 10.2. The van der Waals surface area contributed by atoms with Crippen LogP contribution in [-0.2, 0) is 0 Å². The number of nitrogens with zero attached hydrogens (tertiary/aromatic N) is 2. The first-order chi connectivity index (χ1) is 6.81. The molecule has 1 aromatic carbocycles. The van der Waals surface area contributed by atoms with Crippen molar-refractivity contribution in [3.05, 3.63) is 29.1 Å². The monoisotopic (exact) mass is 254 g/mol. The average Bonchev–Trinajstić information content (AvgIpc) is 2.71. The van der Waals surface area contributed by atoms with Gasteiger partial charge in [-0.25, -0.2) is 0 Å². The third-order valence-electron chi connectivity index (χ3n) is 1.78. The van der Waals surface area contributed by atoms with Gasteiger partial charge in [-0.1, -0.05) is 21.1 Å². The molecule has 0 aliphatic heterocycles. The van der Waals surface area contributed by atoms with Crippen LogP contribution in [0.5, 0.6) is 5.75 Å². The van der Waals surface area contributed by atoms with E-state index in [-0.39, 0.29) is 0 Å². The highest BCUT2D eigenvalue weighted by atomic mass is 79.9. The molecule has 0 spiro atoms. The zero-order valence-electron chi connectivity index (χ0n) is 7.40. The summed E-state index contributed by atoms with van der Waals surface area (Å²) in [5.41, 5.74) is 0.845. The standard InChI is InChI=1S/C9H7BrN2O2/c1-13-6-2-3-8(10)7(4-6)9-11-5-14-12-9/h2-5H,1H3. The summed E-state index contributed by atoms with van der Waals surface area (Å²) < 4.78 is 10.7. The van der Waals surface area contributed by atoms with Gasteiger partial charge in [-0.3, -0.25) is 0 Å². The molecule has 4 nitrogen and oxygen atoms in total. The SMILES string of the molecule is COc1ccc(Br)c(-c2ncon2)c1. The summed E-state index contributed by atoms with van der Waals surface area (Å²) in [6.45, 7) is 0. The average molecular weight is 255 g/mol. The van der Waals surface area contributed by atoms with Crippen LogP contribution in [0, 0.1) is 0 Å². The lowest BCUT2D eigenvalue weighted by molar-refractivity contribution is 0.414. The van der Waals surface area contributed by atoms with Crippen LogP contribution in [-0.4, -0.2) is 17.3 Å². The Morgan fingerprint density at radius 2 is 2.29 bits per heavy atom. The van der Waals surface area contributed by atoms with Crippen molar-refractivity contribution in [3.8, 4) is 17.1 Å². The fourth-order valence-electron chi connectivity index (χ4n) is 1.09. The van der Waals surface area contributed by atoms with Gasteiger partial charge in [0, 0.05) is 10.0 Å². The Labute approximate surface area is 89.0 Å². The molecule has 0 amide bonds. The molecule has 0 N–H and O–H groups in total. The predicted molar refractivity (Wildman–Crippen MR) is 54.0 cm³/mol. The number of methoxy groups -OCH3 is 1. The normalized spacial score (nSPS) is 10.1. The lowest BCUT2D eigenvalue weighted by Gasteiger charge is -2.02. The van der Waals surface area contributed by atoms with Crippen LogP contribution in [0.15, 0.2) is 33.6 Å². The molecule has 0 atom stereocenters. The smallest absolute Gasteiger partial charge is 0.214 e. The molecule has 0 radical (unpaired) electrons. The summed E-state index contributed by atoms with van der Waals surface area (Å²) in [4.78, 5) is 3.96. The van der Waals surface area contributed by atoms with Crippen molar-refractivity contribution in [2.75, 3.05) is 7.11 Å². The van der Waals surface area contributed by atoms with E-state index in [0.717, 1.165) is 15.8 Å². The zero-order valence-corrected chi connectivity index (χ0v) is 8.98. The molecule has 0 aliphatic rings. The highest BCUT2D eigenvalue weighted by Gasteiger charge is 2.08. The summed E-state index contributed by atoms with van der Waals surface area (Å²) in [5.74, 6) is 1.30. The van der Waals surface area contributed by atoms with E-state index in [9.17, 15) is 0 Å². The topological polar surface area (TPSA) is 48.2 Å². The van der Waals surface area contributed by atoms with Crippen molar-refractivity contribution in [1.29, 1.82) is 0 Å². The quantitative estimate of drug-likeness (QED) is 0.827. The fourth-order valence-corrected chi connectivity index (χ4v) is 1.52. The minimum absolute atomic E-state index is 0.538. The van der Waals surface area contributed by atoms with Gasteiger partial charge in [0.1, 0.15) is 5.75 Å². The van der Waals surface area contributed by atoms with E-state index in [1.54, 1.807) is 7.11 Å². The van der Waals surface area contributed by atoms with Crippen molar-refractivity contribution in [1.82, 2.24) is 10.1 Å². The number of hydrogen-bond acceptors (Lipinski definition) is 4. The zero-order chi connectivity index (χ0) is 9.97. The van der Waals surface area contributed by atoms with Crippen LogP contribution < -0.4 is 4.74 Å². The number of rotatable bonds is 2. The van der Waals surface area contributed by atoms with E-state index in [2.05, 4.69) is 30.6 Å². The molecular formula is C9H7BrN2O2. The van der Waals surface area contributed by atoms with Crippen molar-refractivity contribution < 1.29 is 9.26 Å². The molecule has 2 aromatic rings. The van der Waals surface area contributed by atoms with Gasteiger partial charge < -0.3 is 9.26 Å². The van der Waals surface area contributed by atoms with Gasteiger partial charge in [0.15, 0.2) is 0 Å². The van der Waals surface area contributed by atoms with Crippen LogP contribution in [0.3, 0.4) is 0 Å². The van der Waals surface area contributed by atoms with Crippen molar-refractivity contribution in [3.63, 3.8) is 0 Å². The van der Waals surface area contributed by atoms with E-state index in [1.165, 1.54) is 6.39 Å². The Morgan fingerprint density at radius 3 is 2.93 bits per heavy atom. The van der Waals surface area contributed by atoms with Crippen molar-refractivity contribution in [2.45, 2.75) is 0 Å². The number of hydrogen-bond donors (Lipinski definition) is 0. The summed E-state index contributed by atoms with van der Waals surface area (Å²) >= 11 is 3.40. The van der Waals surface area contributed by atoms with Gasteiger partial charge in [-0.15, -0.1) is 0 Å². The Bertz CT molecular complexity index is 428. The highest BCUT2D eigenvalue weighted by molar-refractivity contribution is 9.10. The molecule has 1 heterocycles. The van der Waals surface area contributed by atoms with Crippen LogP contribution in [0.2, 0.25) is 0 Å². The molecule has 1 aromatic heterocycles.